The number of likely N-dealkylation sites (tertiary alicyclic amines) is 1. The second-order valence-electron chi connectivity index (χ2n) is 7.75. The van der Waals surface area contributed by atoms with Crippen LogP contribution in [0.1, 0.15) is 44.1 Å². The number of aromatic nitrogens is 2. The third-order valence-electron chi connectivity index (χ3n) is 4.49. The highest BCUT2D eigenvalue weighted by molar-refractivity contribution is 5.15. The highest BCUT2D eigenvalue weighted by atomic mass is 15.2. The number of hydrogen-bond donors (Lipinski definition) is 1. The minimum Gasteiger partial charge on any atom is -0.308 e. The Balaban J connectivity index is 1.46. The van der Waals surface area contributed by atoms with E-state index < -0.39 is 0 Å². The summed E-state index contributed by atoms with van der Waals surface area (Å²) >= 11 is 0. The second kappa shape index (κ2) is 7.41. The molecule has 1 aliphatic rings. The van der Waals surface area contributed by atoms with Crippen molar-refractivity contribution in [3.63, 3.8) is 0 Å². The standard InChI is InChI=1S/C20H28N4/c1-20(2,3)19-22-12-17(13-23-19)11-21-18-9-10-24(15-18)14-16-7-5-4-6-8-16/h4-8,12-13,18,21H,9-11,14-15H2,1-3H3. The van der Waals surface area contributed by atoms with Crippen molar-refractivity contribution in [1.82, 2.24) is 20.2 Å². The lowest BCUT2D eigenvalue weighted by Crippen LogP contribution is -2.32. The average molecular weight is 324 g/mol. The van der Waals surface area contributed by atoms with Crippen LogP contribution in [0.3, 0.4) is 0 Å². The van der Waals surface area contributed by atoms with E-state index in [0.29, 0.717) is 6.04 Å². The molecule has 0 spiro atoms. The third kappa shape index (κ3) is 4.62. The van der Waals surface area contributed by atoms with Crippen molar-refractivity contribution in [3.8, 4) is 0 Å². The van der Waals surface area contributed by atoms with E-state index in [4.69, 9.17) is 0 Å². The van der Waals surface area contributed by atoms with E-state index in [1.165, 1.54) is 12.0 Å². The lowest BCUT2D eigenvalue weighted by molar-refractivity contribution is 0.320. The molecule has 0 aliphatic carbocycles. The van der Waals surface area contributed by atoms with Crippen molar-refractivity contribution >= 4 is 0 Å². The van der Waals surface area contributed by atoms with Crippen LogP contribution in [0.25, 0.3) is 0 Å². The van der Waals surface area contributed by atoms with Gasteiger partial charge in [-0.25, -0.2) is 9.97 Å². The van der Waals surface area contributed by atoms with Crippen molar-refractivity contribution in [1.29, 1.82) is 0 Å². The van der Waals surface area contributed by atoms with Crippen LogP contribution in [0.4, 0.5) is 0 Å². The minimum absolute atomic E-state index is 0.00928. The van der Waals surface area contributed by atoms with Crippen LogP contribution in [0.15, 0.2) is 42.7 Å². The highest BCUT2D eigenvalue weighted by Gasteiger charge is 2.22. The van der Waals surface area contributed by atoms with Crippen molar-refractivity contribution in [3.05, 3.63) is 59.7 Å². The molecule has 128 valence electrons. The van der Waals surface area contributed by atoms with E-state index in [1.807, 2.05) is 12.4 Å². The molecule has 1 aliphatic heterocycles. The molecule has 2 aromatic rings. The molecule has 1 saturated heterocycles. The Morgan fingerprint density at radius 3 is 2.46 bits per heavy atom. The van der Waals surface area contributed by atoms with Crippen LogP contribution in [0.2, 0.25) is 0 Å². The predicted octanol–water partition coefficient (Wildman–Crippen LogP) is 3.14. The first-order valence-corrected chi connectivity index (χ1v) is 8.82. The summed E-state index contributed by atoms with van der Waals surface area (Å²) in [7, 11) is 0. The average Bonchev–Trinajstić information content (AvgIpc) is 3.01. The number of nitrogens with one attached hydrogen (secondary N) is 1. The summed E-state index contributed by atoms with van der Waals surface area (Å²) in [5.74, 6) is 0.904. The van der Waals surface area contributed by atoms with E-state index in [-0.39, 0.29) is 5.41 Å². The molecule has 3 rings (SSSR count). The summed E-state index contributed by atoms with van der Waals surface area (Å²) in [4.78, 5) is 11.5. The Labute approximate surface area is 145 Å². The number of benzene rings is 1. The first kappa shape index (κ1) is 17.1. The number of rotatable bonds is 5. The van der Waals surface area contributed by atoms with Gasteiger partial charge < -0.3 is 5.32 Å². The molecule has 0 saturated carbocycles. The maximum Gasteiger partial charge on any atom is 0.133 e. The predicted molar refractivity (Wildman–Crippen MR) is 97.7 cm³/mol. The first-order valence-electron chi connectivity index (χ1n) is 8.82. The summed E-state index contributed by atoms with van der Waals surface area (Å²) in [6, 6.07) is 11.3. The summed E-state index contributed by atoms with van der Waals surface area (Å²) in [6.07, 6.45) is 5.11. The summed E-state index contributed by atoms with van der Waals surface area (Å²) in [5.41, 5.74) is 2.56. The minimum atomic E-state index is 0.00928. The highest BCUT2D eigenvalue weighted by Crippen LogP contribution is 2.17. The molecule has 4 heteroatoms. The molecule has 0 radical (unpaired) electrons. The maximum absolute atomic E-state index is 4.50. The Kier molecular flexibility index (Phi) is 5.27. The lowest BCUT2D eigenvalue weighted by Gasteiger charge is -2.18. The summed E-state index contributed by atoms with van der Waals surface area (Å²) in [5, 5.41) is 3.65. The van der Waals surface area contributed by atoms with Gasteiger partial charge in [-0.15, -0.1) is 0 Å². The Morgan fingerprint density at radius 2 is 1.79 bits per heavy atom. The SMILES string of the molecule is CC(C)(C)c1ncc(CNC2CCN(Cc3ccccc3)C2)cn1. The van der Waals surface area contributed by atoms with Crippen molar-refractivity contribution in [2.45, 2.75) is 51.7 Å². The quantitative estimate of drug-likeness (QED) is 0.917. The van der Waals surface area contributed by atoms with Gasteiger partial charge in [0.05, 0.1) is 0 Å². The maximum atomic E-state index is 4.50. The Hall–Kier alpha value is -1.78. The van der Waals surface area contributed by atoms with E-state index in [0.717, 1.165) is 37.6 Å². The smallest absolute Gasteiger partial charge is 0.133 e. The fourth-order valence-electron chi connectivity index (χ4n) is 3.08. The van der Waals surface area contributed by atoms with Crippen LogP contribution in [-0.2, 0) is 18.5 Å². The van der Waals surface area contributed by atoms with Gasteiger partial charge >= 0.3 is 0 Å². The normalized spacial score (nSPS) is 18.9. The van der Waals surface area contributed by atoms with Gasteiger partial charge in [0, 0.05) is 55.6 Å². The van der Waals surface area contributed by atoms with Gasteiger partial charge in [0.25, 0.3) is 0 Å². The monoisotopic (exact) mass is 324 g/mol. The van der Waals surface area contributed by atoms with Gasteiger partial charge in [-0.1, -0.05) is 51.1 Å². The zero-order valence-electron chi connectivity index (χ0n) is 15.0. The van der Waals surface area contributed by atoms with E-state index in [9.17, 15) is 0 Å². The molecular weight excluding hydrogens is 296 g/mol. The first-order chi connectivity index (χ1) is 11.5. The van der Waals surface area contributed by atoms with Crippen LogP contribution in [0, 0.1) is 0 Å². The number of nitrogens with zero attached hydrogens (tertiary/aromatic N) is 3. The largest absolute Gasteiger partial charge is 0.308 e. The molecule has 1 N–H and O–H groups in total. The van der Waals surface area contributed by atoms with Crippen LogP contribution >= 0.6 is 0 Å². The molecule has 0 bridgehead atoms. The summed E-state index contributed by atoms with van der Waals surface area (Å²) < 4.78 is 0. The van der Waals surface area contributed by atoms with Gasteiger partial charge in [-0.3, -0.25) is 4.90 Å². The lowest BCUT2D eigenvalue weighted by atomic mass is 9.96. The molecule has 1 atom stereocenters. The van der Waals surface area contributed by atoms with Crippen LogP contribution in [-0.4, -0.2) is 34.0 Å². The van der Waals surface area contributed by atoms with Crippen LogP contribution < -0.4 is 5.32 Å². The van der Waals surface area contributed by atoms with Gasteiger partial charge in [-0.2, -0.15) is 0 Å². The Bertz CT molecular complexity index is 631. The second-order valence-corrected chi connectivity index (χ2v) is 7.75. The molecule has 1 unspecified atom stereocenters. The third-order valence-corrected chi connectivity index (χ3v) is 4.49. The summed E-state index contributed by atoms with van der Waals surface area (Å²) in [6.45, 7) is 10.6. The van der Waals surface area contributed by atoms with E-state index >= 15 is 0 Å². The molecule has 4 nitrogen and oxygen atoms in total. The fourth-order valence-corrected chi connectivity index (χ4v) is 3.08. The molecule has 24 heavy (non-hydrogen) atoms. The fraction of sp³-hybridized carbons (Fsp3) is 0.500. The van der Waals surface area contributed by atoms with Crippen molar-refractivity contribution in [2.24, 2.45) is 0 Å². The van der Waals surface area contributed by atoms with E-state index in [1.54, 1.807) is 0 Å². The zero-order valence-corrected chi connectivity index (χ0v) is 15.0. The molecule has 1 aromatic heterocycles. The van der Waals surface area contributed by atoms with Crippen LogP contribution in [0.5, 0.6) is 0 Å². The topological polar surface area (TPSA) is 41.1 Å². The van der Waals surface area contributed by atoms with Gasteiger partial charge in [-0.05, 0) is 12.0 Å². The molecule has 2 heterocycles. The van der Waals surface area contributed by atoms with E-state index in [2.05, 4.69) is 71.3 Å². The Morgan fingerprint density at radius 1 is 1.08 bits per heavy atom. The van der Waals surface area contributed by atoms with Gasteiger partial charge in [0.1, 0.15) is 5.82 Å². The van der Waals surface area contributed by atoms with Crippen molar-refractivity contribution in [2.75, 3.05) is 13.1 Å². The number of hydrogen-bond acceptors (Lipinski definition) is 4. The molecule has 1 aromatic carbocycles. The van der Waals surface area contributed by atoms with Gasteiger partial charge in [0.15, 0.2) is 0 Å². The van der Waals surface area contributed by atoms with Crippen molar-refractivity contribution < 1.29 is 0 Å². The van der Waals surface area contributed by atoms with Gasteiger partial charge in [0.2, 0.25) is 0 Å². The zero-order chi connectivity index (χ0) is 17.0. The molecule has 1 fully saturated rings. The molecule has 0 amide bonds. The molecular formula is C20H28N4.